The van der Waals surface area contributed by atoms with E-state index in [1.54, 1.807) is 75.3 Å². The number of ether oxygens (including phenoxy) is 5. The van der Waals surface area contributed by atoms with Gasteiger partial charge in [0, 0.05) is 73.7 Å². The Bertz CT molecular complexity index is 2110. The lowest BCUT2D eigenvalue weighted by molar-refractivity contribution is -0.413. The van der Waals surface area contributed by atoms with Crippen molar-refractivity contribution in [3.8, 4) is 0 Å². The number of aliphatic hydroxyl groups excluding tert-OH is 5. The third-order valence-electron chi connectivity index (χ3n) is 13.6. The average molecular weight is 1090 g/mol. The quantitative estimate of drug-likeness (QED) is 0.0205. The number of aliphatic imine (C=N–C) groups is 2. The van der Waals surface area contributed by atoms with Crippen LogP contribution >= 0.6 is 43.2 Å². The van der Waals surface area contributed by atoms with Gasteiger partial charge in [0.2, 0.25) is 12.1 Å². The minimum Gasteiger partial charge on any atom is -0.478 e. The zero-order valence-corrected chi connectivity index (χ0v) is 43.4. The number of aliphatic carboxylic acids is 1. The summed E-state index contributed by atoms with van der Waals surface area (Å²) in [5.41, 5.74) is 12.9. The highest BCUT2D eigenvalue weighted by Crippen LogP contribution is 2.48. The predicted molar refractivity (Wildman–Crippen MR) is 273 cm³/mol. The number of rotatable bonds is 14. The number of nitrogens with one attached hydrogen (secondary N) is 2. The molecule has 14 N–H and O–H groups in total. The van der Waals surface area contributed by atoms with E-state index < -0.39 is 85.3 Å². The van der Waals surface area contributed by atoms with Crippen molar-refractivity contribution in [2.75, 3.05) is 57.6 Å². The molecule has 26 heteroatoms. The normalized spacial score (nSPS) is 36.0. The van der Waals surface area contributed by atoms with E-state index in [0.717, 1.165) is 0 Å². The van der Waals surface area contributed by atoms with Crippen molar-refractivity contribution in [3.63, 3.8) is 0 Å². The first kappa shape index (κ1) is 56.5. The lowest BCUT2D eigenvalue weighted by Crippen LogP contribution is -2.69. The van der Waals surface area contributed by atoms with Crippen molar-refractivity contribution in [1.29, 1.82) is 0 Å². The molecule has 0 aromatic rings. The fourth-order valence-corrected chi connectivity index (χ4v) is 16.7. The van der Waals surface area contributed by atoms with Crippen LogP contribution in [0.15, 0.2) is 69.2 Å². The predicted octanol–water partition coefficient (Wildman–Crippen LogP) is -0.149. The summed E-state index contributed by atoms with van der Waals surface area (Å²) in [4.78, 5) is 38.7. The molecule has 7 rings (SSSR count). The number of esters is 1. The summed E-state index contributed by atoms with van der Waals surface area (Å²) in [5, 5.41) is 92.0. The van der Waals surface area contributed by atoms with Crippen molar-refractivity contribution in [2.45, 2.75) is 117 Å². The van der Waals surface area contributed by atoms with Gasteiger partial charge in [0.15, 0.2) is 24.3 Å². The van der Waals surface area contributed by atoms with E-state index in [0.29, 0.717) is 61.7 Å². The van der Waals surface area contributed by atoms with Gasteiger partial charge >= 0.3 is 11.9 Å². The molecule has 2 fully saturated rings. The van der Waals surface area contributed by atoms with Gasteiger partial charge in [0.1, 0.15) is 18.3 Å². The highest BCUT2D eigenvalue weighted by atomic mass is 33.1. The van der Waals surface area contributed by atoms with Gasteiger partial charge in [-0.2, -0.15) is 0 Å². The van der Waals surface area contributed by atoms with Crippen molar-refractivity contribution in [3.05, 3.63) is 59.2 Å². The van der Waals surface area contributed by atoms with Gasteiger partial charge in [0.25, 0.3) is 0 Å². The van der Waals surface area contributed by atoms with Crippen molar-refractivity contribution in [1.82, 2.24) is 15.5 Å². The summed E-state index contributed by atoms with van der Waals surface area (Å²) in [7, 11) is 6.28. The summed E-state index contributed by atoms with van der Waals surface area (Å²) in [6.07, 6.45) is 2.93. The number of carboxylic acids is 1. The highest BCUT2D eigenvalue weighted by molar-refractivity contribution is 8.78. The zero-order valence-electron chi connectivity index (χ0n) is 40.1. The molecule has 72 heavy (non-hydrogen) atoms. The van der Waals surface area contributed by atoms with Crippen LogP contribution in [0.5, 0.6) is 0 Å². The summed E-state index contributed by atoms with van der Waals surface area (Å²) >= 11 is 0. The van der Waals surface area contributed by atoms with E-state index in [-0.39, 0.29) is 84.1 Å². The van der Waals surface area contributed by atoms with E-state index in [1.165, 1.54) is 12.5 Å². The Hall–Kier alpha value is -3.22. The van der Waals surface area contributed by atoms with Crippen molar-refractivity contribution >= 4 is 67.0 Å². The molecule has 0 aromatic carbocycles. The summed E-state index contributed by atoms with van der Waals surface area (Å²) in [6, 6.07) is -0.751. The number of carbonyl (C=O) groups excluding carboxylic acids is 1. The van der Waals surface area contributed by atoms with E-state index >= 15 is 0 Å². The number of allylic oxidation sites excluding steroid dienone is 1. The Balaban J connectivity index is 1.42. The van der Waals surface area contributed by atoms with Crippen LogP contribution in [-0.2, 0) is 33.3 Å². The minimum absolute atomic E-state index is 0.0346. The Morgan fingerprint density at radius 1 is 1.10 bits per heavy atom. The highest BCUT2D eigenvalue weighted by Gasteiger charge is 2.58. The van der Waals surface area contributed by atoms with E-state index in [9.17, 15) is 50.4 Å². The van der Waals surface area contributed by atoms with Crippen molar-refractivity contribution in [2.24, 2.45) is 45.1 Å². The number of aliphatic hydroxyl groups is 7. The Morgan fingerprint density at radius 3 is 2.61 bits per heavy atom. The summed E-state index contributed by atoms with van der Waals surface area (Å²) in [5.74, 6) is -6.24. The van der Waals surface area contributed by atoms with Crippen LogP contribution in [0.1, 0.15) is 46.0 Å². The lowest BCUT2D eigenvalue weighted by atomic mass is 9.82. The van der Waals surface area contributed by atoms with E-state index in [2.05, 4.69) is 20.6 Å². The Morgan fingerprint density at radius 2 is 1.90 bits per heavy atom. The van der Waals surface area contributed by atoms with Crippen molar-refractivity contribution < 1.29 is 74.1 Å². The maximum absolute atomic E-state index is 14.8. The number of carbonyl (C=O) groups is 2. The first-order valence-corrected chi connectivity index (χ1v) is 28.9. The van der Waals surface area contributed by atoms with Gasteiger partial charge in [0.05, 0.1) is 59.6 Å². The molecule has 22 nitrogen and oxygen atoms in total. The third kappa shape index (κ3) is 13.4. The number of guanidine groups is 2. The molecule has 402 valence electrons. The van der Waals surface area contributed by atoms with Crippen LogP contribution in [0, 0.1) is 23.7 Å². The van der Waals surface area contributed by atoms with Crippen LogP contribution in [0.25, 0.3) is 0 Å². The summed E-state index contributed by atoms with van der Waals surface area (Å²) in [6.45, 7) is 2.53. The lowest BCUT2D eigenvalue weighted by Gasteiger charge is -2.48. The molecule has 0 spiro atoms. The maximum Gasteiger partial charge on any atom is 0.339 e. The molecule has 1 saturated heterocycles. The molecule has 0 amide bonds. The topological polar surface area (TPSA) is 346 Å². The average Bonchev–Trinajstić information content (AvgIpc) is 3.73. The number of nitrogens with zero attached hydrogens (tertiary/aromatic N) is 3. The number of nitrogens with two attached hydrogens (primary N) is 2. The monoisotopic (exact) mass is 1090 g/mol. The van der Waals surface area contributed by atoms with Gasteiger partial charge < -0.3 is 91.5 Å². The van der Waals surface area contributed by atoms with Crippen LogP contribution in [0.2, 0.25) is 0 Å². The molecular formula is C46H69N7O15S4. The molecule has 0 unspecified atom stereocenters. The van der Waals surface area contributed by atoms with E-state index in [4.69, 9.17) is 35.2 Å². The molecular weight excluding hydrogens is 1020 g/mol. The van der Waals surface area contributed by atoms with Crippen LogP contribution in [0.4, 0.5) is 0 Å². The molecule has 1 saturated carbocycles. The number of carboxylic acid groups (broad SMARTS) is 1. The molecule has 4 bridgehead atoms. The number of hydrogen-bond donors (Lipinski definition) is 12. The van der Waals surface area contributed by atoms with Gasteiger partial charge in [-0.3, -0.25) is 9.98 Å². The van der Waals surface area contributed by atoms with Gasteiger partial charge in [-0.05, 0) is 57.4 Å². The number of fused-ring (bicyclic) bond motifs is 2. The second-order valence-corrected chi connectivity index (χ2v) is 24.1. The first-order chi connectivity index (χ1) is 34.6. The second-order valence-electron chi connectivity index (χ2n) is 18.8. The largest absolute Gasteiger partial charge is 0.478 e. The van der Waals surface area contributed by atoms with Crippen LogP contribution in [-0.4, -0.2) is 199 Å². The van der Waals surface area contributed by atoms with Gasteiger partial charge in [-0.25, -0.2) is 9.59 Å². The number of hydrogen-bond acceptors (Lipinski definition) is 23. The zero-order chi connectivity index (χ0) is 51.7. The minimum atomic E-state index is -2.97. The molecule has 0 aromatic heterocycles. The fourth-order valence-electron chi connectivity index (χ4n) is 9.90. The third-order valence-corrected chi connectivity index (χ3v) is 19.6. The molecule has 7 aliphatic rings. The second kappa shape index (κ2) is 26.0. The molecule has 1 aliphatic carbocycles. The first-order valence-electron chi connectivity index (χ1n) is 24.2. The van der Waals surface area contributed by atoms with E-state index in [1.807, 2.05) is 11.0 Å². The molecule has 14 atom stereocenters. The standard InChI is InChI=1S/C46H69N7O15S4/c1-23(2)65-39-43(67-34(20-57)38(58)46(39,62)63)68-42-28-5-3-14-69-71-35(15-26-10-12-50-44(47)51-26)37-32(19-56)53-16-24(36(29(17-53)40(59)60)52-45(48)49-11-4-13-54)6-8-27(28)30(21-64-42)41(61)66-33-9-7-25(18-55)31(33)22-70-72-37/h3,5-6,8,17,21,23,25-28,31-35,37-39,42-43,54-58,62-63H,4,7,9-16,18-20,22H2,1-2H3,(H,59,60)(H3,47,50,51)(H3,48,49,52)/b5-3?,8-6+/t25-,26-,27+,28-,31+,32+,33-,34-,35-,37-,38-,39+,42+,43+/m1/s1. The smallest absolute Gasteiger partial charge is 0.339 e. The maximum atomic E-state index is 14.8. The van der Waals surface area contributed by atoms with Gasteiger partial charge in [-0.15, -0.1) is 0 Å². The molecule has 6 aliphatic heterocycles. The van der Waals surface area contributed by atoms with Crippen LogP contribution in [0.3, 0.4) is 0 Å². The fraction of sp³-hybridized carbons (Fsp3) is 0.696. The summed E-state index contributed by atoms with van der Waals surface area (Å²) < 4.78 is 31.0. The Labute approximate surface area is 434 Å². The van der Waals surface area contributed by atoms with Crippen LogP contribution < -0.4 is 22.1 Å². The molecule has 0 radical (unpaired) electrons. The van der Waals surface area contributed by atoms with Gasteiger partial charge in [-0.1, -0.05) is 67.5 Å². The molecule has 6 heterocycles. The Kier molecular flexibility index (Phi) is 20.4. The SMILES string of the molecule is CC(C)O[C@H]1[C@H](O[C@@H]2OC=C3C(=O)O[C@@H]4CC[C@H](CO)[C@@H]4CSS[C@H]4[C@@H](C[C@H]5CCN=C(N)N5)SSCC=C[C@@H]2[C@@H]3/C=C/C2=C(NC(N)=NCCCO)C(C(=O)O)=CN(C2)[C@H]4CO)O[C@H](CO)[C@@H](O)C1(O)O.